The van der Waals surface area contributed by atoms with Crippen molar-refractivity contribution >= 4 is 23.3 Å². The van der Waals surface area contributed by atoms with E-state index in [1.165, 1.54) is 6.07 Å². The van der Waals surface area contributed by atoms with Crippen LogP contribution in [0.2, 0.25) is 5.02 Å². The van der Waals surface area contributed by atoms with Crippen LogP contribution in [0.1, 0.15) is 22.0 Å². The largest absolute Gasteiger partial charge is 0.454 e. The first-order chi connectivity index (χ1) is 8.99. The normalized spacial score (nSPS) is 10.5. The van der Waals surface area contributed by atoms with Crippen LogP contribution >= 0.6 is 11.6 Å². The van der Waals surface area contributed by atoms with E-state index in [4.69, 9.17) is 22.1 Å². The van der Waals surface area contributed by atoms with Gasteiger partial charge in [0.15, 0.2) is 12.4 Å². The lowest BCUT2D eigenvalue weighted by atomic mass is 10.2. The van der Waals surface area contributed by atoms with Crippen LogP contribution in [0, 0.1) is 6.92 Å². The molecule has 0 atom stereocenters. The fourth-order valence-corrected chi connectivity index (χ4v) is 1.58. The third kappa shape index (κ3) is 2.85. The zero-order valence-electron chi connectivity index (χ0n) is 10.6. The summed E-state index contributed by atoms with van der Waals surface area (Å²) in [7, 11) is 1.80. The van der Waals surface area contributed by atoms with Crippen molar-refractivity contribution in [1.29, 1.82) is 0 Å². The first-order valence-electron chi connectivity index (χ1n) is 5.56. The summed E-state index contributed by atoms with van der Waals surface area (Å²) in [5.41, 5.74) is 6.31. The highest BCUT2D eigenvalue weighted by Gasteiger charge is 2.12. The van der Waals surface area contributed by atoms with Crippen molar-refractivity contribution in [3.8, 4) is 0 Å². The molecule has 0 amide bonds. The average Bonchev–Trinajstić information content (AvgIpc) is 2.70. The van der Waals surface area contributed by atoms with Gasteiger partial charge in [0, 0.05) is 7.05 Å². The molecule has 19 heavy (non-hydrogen) atoms. The molecular formula is C12H13ClN4O2. The summed E-state index contributed by atoms with van der Waals surface area (Å²) in [6.07, 6.45) is 0. The van der Waals surface area contributed by atoms with Crippen LogP contribution in [0.25, 0.3) is 0 Å². The summed E-state index contributed by atoms with van der Waals surface area (Å²) in [4.78, 5) is 11.8. The molecule has 0 aliphatic rings. The van der Waals surface area contributed by atoms with Crippen molar-refractivity contribution in [3.05, 3.63) is 40.4 Å². The van der Waals surface area contributed by atoms with Gasteiger partial charge < -0.3 is 15.0 Å². The molecule has 1 aromatic carbocycles. The Labute approximate surface area is 115 Å². The molecule has 0 radical (unpaired) electrons. The number of halogens is 1. The van der Waals surface area contributed by atoms with Gasteiger partial charge in [-0.05, 0) is 25.1 Å². The first kappa shape index (κ1) is 13.4. The van der Waals surface area contributed by atoms with Gasteiger partial charge in [-0.1, -0.05) is 11.6 Å². The maximum absolute atomic E-state index is 11.8. The van der Waals surface area contributed by atoms with Crippen LogP contribution in [0.3, 0.4) is 0 Å². The number of rotatable bonds is 3. The molecule has 0 saturated heterocycles. The SMILES string of the molecule is Cc1nnc(COC(=O)c2ccc(Cl)c(N)c2)n1C. The molecule has 1 heterocycles. The molecule has 0 saturated carbocycles. The summed E-state index contributed by atoms with van der Waals surface area (Å²) in [5.74, 6) is 0.846. The van der Waals surface area contributed by atoms with Crippen LogP contribution in [0.15, 0.2) is 18.2 Å². The van der Waals surface area contributed by atoms with Crippen LogP contribution < -0.4 is 5.73 Å². The van der Waals surface area contributed by atoms with Gasteiger partial charge in [-0.3, -0.25) is 0 Å². The van der Waals surface area contributed by atoms with Crippen LogP contribution in [0.4, 0.5) is 5.69 Å². The fraction of sp³-hybridized carbons (Fsp3) is 0.250. The van der Waals surface area contributed by atoms with E-state index in [2.05, 4.69) is 10.2 Å². The number of anilines is 1. The van der Waals surface area contributed by atoms with Gasteiger partial charge in [-0.2, -0.15) is 0 Å². The lowest BCUT2D eigenvalue weighted by Crippen LogP contribution is -2.09. The number of esters is 1. The Kier molecular flexibility index (Phi) is 3.71. The highest BCUT2D eigenvalue weighted by Crippen LogP contribution is 2.20. The molecule has 2 rings (SSSR count). The standard InChI is InChI=1S/C12H13ClN4O2/c1-7-15-16-11(17(7)2)6-19-12(18)8-3-4-9(13)10(14)5-8/h3-5H,6,14H2,1-2H3. The molecule has 6 nitrogen and oxygen atoms in total. The number of aromatic nitrogens is 3. The molecule has 1 aromatic heterocycles. The number of carbonyl (C=O) groups excluding carboxylic acids is 1. The van der Waals surface area contributed by atoms with E-state index in [0.29, 0.717) is 22.1 Å². The number of carbonyl (C=O) groups is 1. The van der Waals surface area contributed by atoms with E-state index >= 15 is 0 Å². The Bertz CT molecular complexity index is 624. The molecule has 2 N–H and O–H groups in total. The van der Waals surface area contributed by atoms with E-state index in [1.807, 2.05) is 6.92 Å². The molecule has 0 aliphatic heterocycles. The molecule has 7 heteroatoms. The third-order valence-electron chi connectivity index (χ3n) is 2.75. The fourth-order valence-electron chi connectivity index (χ4n) is 1.46. The second kappa shape index (κ2) is 5.27. The molecule has 0 aliphatic carbocycles. The van der Waals surface area contributed by atoms with Gasteiger partial charge in [-0.15, -0.1) is 10.2 Å². The Morgan fingerprint density at radius 2 is 2.21 bits per heavy atom. The van der Waals surface area contributed by atoms with Crippen molar-refractivity contribution in [1.82, 2.24) is 14.8 Å². The molecule has 2 aromatic rings. The number of hydrogen-bond acceptors (Lipinski definition) is 5. The van der Waals surface area contributed by atoms with E-state index in [9.17, 15) is 4.79 Å². The van der Waals surface area contributed by atoms with Gasteiger partial charge in [0.25, 0.3) is 0 Å². The maximum Gasteiger partial charge on any atom is 0.338 e. The number of aryl methyl sites for hydroxylation is 1. The minimum atomic E-state index is -0.482. The van der Waals surface area contributed by atoms with Crippen molar-refractivity contribution in [2.45, 2.75) is 13.5 Å². The van der Waals surface area contributed by atoms with Crippen LogP contribution in [0.5, 0.6) is 0 Å². The number of nitrogen functional groups attached to an aromatic ring is 1. The second-order valence-corrected chi connectivity index (χ2v) is 4.44. The number of ether oxygens (including phenoxy) is 1. The summed E-state index contributed by atoms with van der Waals surface area (Å²) in [5, 5.41) is 8.18. The highest BCUT2D eigenvalue weighted by molar-refractivity contribution is 6.33. The topological polar surface area (TPSA) is 83.0 Å². The minimum Gasteiger partial charge on any atom is -0.454 e. The lowest BCUT2D eigenvalue weighted by molar-refractivity contribution is 0.0458. The molecule has 0 fully saturated rings. The summed E-state index contributed by atoms with van der Waals surface area (Å²) in [6.45, 7) is 1.87. The average molecular weight is 281 g/mol. The van der Waals surface area contributed by atoms with Crippen LogP contribution in [-0.2, 0) is 18.4 Å². The quantitative estimate of drug-likeness (QED) is 0.684. The Morgan fingerprint density at radius 3 is 2.79 bits per heavy atom. The van der Waals surface area contributed by atoms with Crippen LogP contribution in [-0.4, -0.2) is 20.7 Å². The molecule has 100 valence electrons. The maximum atomic E-state index is 11.8. The third-order valence-corrected chi connectivity index (χ3v) is 3.09. The van der Waals surface area contributed by atoms with Crippen molar-refractivity contribution in [2.75, 3.05) is 5.73 Å². The number of nitrogens with two attached hydrogens (primary N) is 1. The van der Waals surface area contributed by atoms with E-state index < -0.39 is 5.97 Å². The molecular weight excluding hydrogens is 268 g/mol. The van der Waals surface area contributed by atoms with E-state index in [1.54, 1.807) is 23.7 Å². The van der Waals surface area contributed by atoms with Gasteiger partial charge in [0.2, 0.25) is 0 Å². The Morgan fingerprint density at radius 1 is 1.47 bits per heavy atom. The number of hydrogen-bond donors (Lipinski definition) is 1. The van der Waals surface area contributed by atoms with Crippen molar-refractivity contribution < 1.29 is 9.53 Å². The predicted octanol–water partition coefficient (Wildman–Crippen LogP) is 1.72. The molecule has 0 spiro atoms. The zero-order valence-corrected chi connectivity index (χ0v) is 11.3. The minimum absolute atomic E-state index is 0.0543. The van der Waals surface area contributed by atoms with Gasteiger partial charge in [0.05, 0.1) is 16.3 Å². The highest BCUT2D eigenvalue weighted by atomic mass is 35.5. The zero-order chi connectivity index (χ0) is 14.0. The monoisotopic (exact) mass is 280 g/mol. The summed E-state index contributed by atoms with van der Waals surface area (Å²) >= 11 is 5.78. The smallest absolute Gasteiger partial charge is 0.338 e. The van der Waals surface area contributed by atoms with Crippen molar-refractivity contribution in [3.63, 3.8) is 0 Å². The van der Waals surface area contributed by atoms with Gasteiger partial charge in [0.1, 0.15) is 5.82 Å². The lowest BCUT2D eigenvalue weighted by Gasteiger charge is -2.06. The van der Waals surface area contributed by atoms with Crippen molar-refractivity contribution in [2.24, 2.45) is 7.05 Å². The Balaban J connectivity index is 2.05. The molecule has 0 unspecified atom stereocenters. The number of benzene rings is 1. The van der Waals surface area contributed by atoms with E-state index in [-0.39, 0.29) is 6.61 Å². The predicted molar refractivity (Wildman–Crippen MR) is 70.7 cm³/mol. The van der Waals surface area contributed by atoms with E-state index in [0.717, 1.165) is 5.82 Å². The second-order valence-electron chi connectivity index (χ2n) is 4.03. The van der Waals surface area contributed by atoms with Gasteiger partial charge >= 0.3 is 5.97 Å². The first-order valence-corrected chi connectivity index (χ1v) is 5.94. The number of nitrogens with zero attached hydrogens (tertiary/aromatic N) is 3. The summed E-state index contributed by atoms with van der Waals surface area (Å²) < 4.78 is 6.90. The molecule has 0 bridgehead atoms. The summed E-state index contributed by atoms with van der Waals surface area (Å²) in [6, 6.07) is 4.59. The Hall–Kier alpha value is -2.08. The van der Waals surface area contributed by atoms with Gasteiger partial charge in [-0.25, -0.2) is 4.79 Å².